The van der Waals surface area contributed by atoms with Crippen molar-refractivity contribution in [1.29, 1.82) is 0 Å². The van der Waals surface area contributed by atoms with Crippen LogP contribution in [0.2, 0.25) is 0 Å². The first-order chi connectivity index (χ1) is 7.61. The molecule has 0 spiro atoms. The fourth-order valence-corrected chi connectivity index (χ4v) is 1.26. The minimum Gasteiger partial charge on any atom is -0.273 e. The first kappa shape index (κ1) is 12.7. The summed E-state index contributed by atoms with van der Waals surface area (Å²) in [5.41, 5.74) is 3.47. The van der Waals surface area contributed by atoms with Crippen molar-refractivity contribution in [2.75, 3.05) is 6.61 Å². The maximum absolute atomic E-state index is 11.7. The van der Waals surface area contributed by atoms with Crippen LogP contribution in [0.15, 0.2) is 30.3 Å². The molecule has 16 heavy (non-hydrogen) atoms. The summed E-state index contributed by atoms with van der Waals surface area (Å²) in [6.45, 7) is 6.47. The van der Waals surface area contributed by atoms with E-state index in [0.29, 0.717) is 12.5 Å². The van der Waals surface area contributed by atoms with Crippen LogP contribution in [0.3, 0.4) is 0 Å². The lowest BCUT2D eigenvalue weighted by atomic mass is 10.0. The molecule has 0 aliphatic rings. The van der Waals surface area contributed by atoms with Gasteiger partial charge in [0.15, 0.2) is 0 Å². The van der Waals surface area contributed by atoms with E-state index in [2.05, 4.69) is 5.48 Å². The molecule has 88 valence electrons. The van der Waals surface area contributed by atoms with Crippen LogP contribution in [-0.2, 0) is 9.63 Å². The molecule has 0 aromatic heterocycles. The molecule has 3 nitrogen and oxygen atoms in total. The molecule has 1 aromatic rings. The number of hydrogen-bond donors (Lipinski definition) is 1. The van der Waals surface area contributed by atoms with Gasteiger partial charge in [0.05, 0.1) is 12.5 Å². The van der Waals surface area contributed by atoms with Crippen LogP contribution in [0.5, 0.6) is 0 Å². The van der Waals surface area contributed by atoms with Crippen molar-refractivity contribution in [2.24, 2.45) is 5.92 Å². The number of hydroxylamine groups is 1. The first-order valence-corrected chi connectivity index (χ1v) is 5.58. The second-order valence-electron chi connectivity index (χ2n) is 4.30. The molecule has 1 rings (SSSR count). The highest BCUT2D eigenvalue weighted by Gasteiger charge is 2.14. The molecule has 1 aromatic carbocycles. The molecular weight excluding hydrogens is 202 g/mol. The quantitative estimate of drug-likeness (QED) is 0.776. The van der Waals surface area contributed by atoms with Crippen LogP contribution in [0.1, 0.15) is 32.3 Å². The van der Waals surface area contributed by atoms with E-state index in [1.165, 1.54) is 0 Å². The Balaban J connectivity index is 2.43. The Morgan fingerprint density at radius 1 is 1.25 bits per heavy atom. The summed E-state index contributed by atoms with van der Waals surface area (Å²) in [7, 11) is 0. The van der Waals surface area contributed by atoms with Crippen LogP contribution in [0.25, 0.3) is 0 Å². The van der Waals surface area contributed by atoms with Crippen LogP contribution in [-0.4, -0.2) is 12.5 Å². The average molecular weight is 221 g/mol. The van der Waals surface area contributed by atoms with Gasteiger partial charge in [0, 0.05) is 0 Å². The Hall–Kier alpha value is -1.35. The van der Waals surface area contributed by atoms with Gasteiger partial charge in [0.2, 0.25) is 0 Å². The average Bonchev–Trinajstić information content (AvgIpc) is 2.28. The van der Waals surface area contributed by atoms with Gasteiger partial charge in [-0.25, -0.2) is 5.48 Å². The molecule has 0 heterocycles. The fourth-order valence-electron chi connectivity index (χ4n) is 1.26. The zero-order valence-corrected chi connectivity index (χ0v) is 10.1. The third kappa shape index (κ3) is 4.03. The van der Waals surface area contributed by atoms with Crippen molar-refractivity contribution in [3.8, 4) is 0 Å². The van der Waals surface area contributed by atoms with Gasteiger partial charge >= 0.3 is 0 Å². The molecule has 0 aliphatic carbocycles. The lowest BCUT2D eigenvalue weighted by molar-refractivity contribution is -0.135. The molecule has 0 bridgehead atoms. The molecule has 1 amide bonds. The molecule has 0 radical (unpaired) electrons. The molecule has 0 saturated carbocycles. The number of rotatable bonds is 5. The highest BCUT2D eigenvalue weighted by Crippen LogP contribution is 2.14. The van der Waals surface area contributed by atoms with E-state index in [-0.39, 0.29) is 11.8 Å². The van der Waals surface area contributed by atoms with Crippen LogP contribution < -0.4 is 5.48 Å². The second-order valence-corrected chi connectivity index (χ2v) is 4.30. The van der Waals surface area contributed by atoms with E-state index >= 15 is 0 Å². The Kier molecular flexibility index (Phi) is 4.99. The molecular formula is C13H19NO2. The second kappa shape index (κ2) is 6.28. The van der Waals surface area contributed by atoms with Gasteiger partial charge in [-0.2, -0.15) is 0 Å². The third-order valence-corrected chi connectivity index (χ3v) is 2.28. The Morgan fingerprint density at radius 2 is 1.88 bits per heavy atom. The normalized spacial score (nSPS) is 12.5. The van der Waals surface area contributed by atoms with Crippen molar-refractivity contribution in [3.05, 3.63) is 35.9 Å². The smallest absolute Gasteiger partial charge is 0.250 e. The van der Waals surface area contributed by atoms with Crippen molar-refractivity contribution in [2.45, 2.75) is 26.7 Å². The number of benzene rings is 1. The van der Waals surface area contributed by atoms with E-state index in [1.54, 1.807) is 0 Å². The molecule has 0 fully saturated rings. The highest BCUT2D eigenvalue weighted by atomic mass is 16.6. The van der Waals surface area contributed by atoms with Gasteiger partial charge in [-0.05, 0) is 18.4 Å². The molecule has 1 atom stereocenters. The maximum atomic E-state index is 11.7. The minimum absolute atomic E-state index is 0.105. The van der Waals surface area contributed by atoms with Crippen LogP contribution in [0, 0.1) is 5.92 Å². The third-order valence-electron chi connectivity index (χ3n) is 2.28. The van der Waals surface area contributed by atoms with Crippen molar-refractivity contribution < 1.29 is 9.63 Å². The summed E-state index contributed by atoms with van der Waals surface area (Å²) >= 11 is 0. The van der Waals surface area contributed by atoms with Crippen molar-refractivity contribution >= 4 is 5.91 Å². The zero-order valence-electron chi connectivity index (χ0n) is 10.1. The number of hydrogen-bond acceptors (Lipinski definition) is 2. The molecule has 1 unspecified atom stereocenters. The summed E-state index contributed by atoms with van der Waals surface area (Å²) in [5, 5.41) is 0. The molecule has 1 N–H and O–H groups in total. The number of amides is 1. The van der Waals surface area contributed by atoms with E-state index in [0.717, 1.165) is 5.56 Å². The van der Waals surface area contributed by atoms with Gasteiger partial charge < -0.3 is 0 Å². The largest absolute Gasteiger partial charge is 0.273 e. The minimum atomic E-state index is -0.187. The first-order valence-electron chi connectivity index (χ1n) is 5.58. The monoisotopic (exact) mass is 221 g/mol. The predicted octanol–water partition coefficient (Wildman–Crippen LogP) is 2.49. The summed E-state index contributed by atoms with van der Waals surface area (Å²) < 4.78 is 0. The van der Waals surface area contributed by atoms with E-state index in [1.807, 2.05) is 51.1 Å². The standard InChI is InChI=1S/C13H19NO2/c1-10(2)9-16-14-13(15)11(3)12-7-5-4-6-8-12/h4-8,10-11H,9H2,1-3H3,(H,14,15). The lowest BCUT2D eigenvalue weighted by Gasteiger charge is -2.13. The Morgan fingerprint density at radius 3 is 2.44 bits per heavy atom. The van der Waals surface area contributed by atoms with E-state index in [9.17, 15) is 4.79 Å². The Bertz CT molecular complexity index is 322. The lowest BCUT2D eigenvalue weighted by Crippen LogP contribution is -2.29. The van der Waals surface area contributed by atoms with Gasteiger partial charge in [-0.15, -0.1) is 0 Å². The van der Waals surface area contributed by atoms with Gasteiger partial charge in [0.25, 0.3) is 5.91 Å². The summed E-state index contributed by atoms with van der Waals surface area (Å²) in [5.74, 6) is 0.118. The van der Waals surface area contributed by atoms with Crippen molar-refractivity contribution in [1.82, 2.24) is 5.48 Å². The number of nitrogens with one attached hydrogen (secondary N) is 1. The SMILES string of the molecule is CC(C)CONC(=O)C(C)c1ccccc1. The molecule has 0 aliphatic heterocycles. The zero-order chi connectivity index (χ0) is 12.0. The fraction of sp³-hybridized carbons (Fsp3) is 0.462. The van der Waals surface area contributed by atoms with Crippen LogP contribution in [0.4, 0.5) is 0 Å². The summed E-state index contributed by atoms with van der Waals surface area (Å²) in [6.07, 6.45) is 0. The van der Waals surface area contributed by atoms with E-state index in [4.69, 9.17) is 4.84 Å². The Labute approximate surface area is 96.8 Å². The highest BCUT2D eigenvalue weighted by molar-refractivity contribution is 5.82. The summed E-state index contributed by atoms with van der Waals surface area (Å²) in [4.78, 5) is 16.8. The van der Waals surface area contributed by atoms with Crippen LogP contribution >= 0.6 is 0 Å². The topological polar surface area (TPSA) is 38.3 Å². The van der Waals surface area contributed by atoms with Gasteiger partial charge in [-0.1, -0.05) is 44.2 Å². The van der Waals surface area contributed by atoms with Crippen molar-refractivity contribution in [3.63, 3.8) is 0 Å². The summed E-state index contributed by atoms with van der Waals surface area (Å²) in [6, 6.07) is 9.66. The van der Waals surface area contributed by atoms with Gasteiger partial charge in [-0.3, -0.25) is 9.63 Å². The maximum Gasteiger partial charge on any atom is 0.250 e. The van der Waals surface area contributed by atoms with E-state index < -0.39 is 0 Å². The van der Waals surface area contributed by atoms with Gasteiger partial charge in [0.1, 0.15) is 0 Å². The molecule has 3 heteroatoms. The predicted molar refractivity (Wildman–Crippen MR) is 63.8 cm³/mol. The molecule has 0 saturated heterocycles. The number of carbonyl (C=O) groups excluding carboxylic acids is 1. The number of carbonyl (C=O) groups is 1.